The molecule has 1 aliphatic rings. The highest BCUT2D eigenvalue weighted by molar-refractivity contribution is 6.31. The number of nitrogens with one attached hydrogen (secondary N) is 1. The molecule has 0 saturated heterocycles. The number of amides is 1. The fraction of sp³-hybridized carbons (Fsp3) is 0.167. The minimum atomic E-state index is -0.451. The number of nitro benzene ring substituents is 1. The quantitative estimate of drug-likeness (QED) is 0.661. The largest absolute Gasteiger partial charge is 0.351 e. The standard InChI is InChI=1S/C18H15ClN4O3/c1-11(24)20-10-15-8-13-2-5-14(19)9-17(13)18(22-21-15)12-3-6-16(7-4-12)23(25)26/h2-7,9H,8,10H2,1H3,(H,20,24). The summed E-state index contributed by atoms with van der Waals surface area (Å²) in [6, 6.07) is 11.6. The topological polar surface area (TPSA) is 97.0 Å². The van der Waals surface area contributed by atoms with Gasteiger partial charge in [-0.25, -0.2) is 0 Å². The third kappa shape index (κ3) is 3.94. The van der Waals surface area contributed by atoms with E-state index in [9.17, 15) is 14.9 Å². The van der Waals surface area contributed by atoms with Crippen LogP contribution in [0.1, 0.15) is 23.6 Å². The number of non-ortho nitro benzene ring substituents is 1. The van der Waals surface area contributed by atoms with Crippen LogP contribution in [0.4, 0.5) is 5.69 Å². The molecule has 1 N–H and O–H groups in total. The van der Waals surface area contributed by atoms with Crippen LogP contribution in [0.3, 0.4) is 0 Å². The predicted molar refractivity (Wildman–Crippen MR) is 100 cm³/mol. The van der Waals surface area contributed by atoms with E-state index in [1.807, 2.05) is 6.07 Å². The first kappa shape index (κ1) is 17.8. The summed E-state index contributed by atoms with van der Waals surface area (Å²) in [6.07, 6.45) is 0.521. The van der Waals surface area contributed by atoms with Gasteiger partial charge in [0.2, 0.25) is 5.91 Å². The molecule has 2 aromatic rings. The van der Waals surface area contributed by atoms with E-state index < -0.39 is 4.92 Å². The maximum absolute atomic E-state index is 11.2. The van der Waals surface area contributed by atoms with Gasteiger partial charge >= 0.3 is 0 Å². The van der Waals surface area contributed by atoms with E-state index >= 15 is 0 Å². The van der Waals surface area contributed by atoms with Crippen molar-refractivity contribution < 1.29 is 9.72 Å². The van der Waals surface area contributed by atoms with Gasteiger partial charge in [-0.3, -0.25) is 14.9 Å². The number of nitro groups is 1. The lowest BCUT2D eigenvalue weighted by Gasteiger charge is -2.10. The number of halogens is 1. The highest BCUT2D eigenvalue weighted by Crippen LogP contribution is 2.24. The number of rotatable bonds is 4. The van der Waals surface area contributed by atoms with Gasteiger partial charge in [0.15, 0.2) is 0 Å². The minimum absolute atomic E-state index is 0.00383. The maximum Gasteiger partial charge on any atom is 0.269 e. The molecule has 1 amide bonds. The third-order valence-corrected chi connectivity index (χ3v) is 4.14. The van der Waals surface area contributed by atoms with E-state index in [0.717, 1.165) is 11.1 Å². The van der Waals surface area contributed by atoms with Crippen molar-refractivity contribution in [3.05, 3.63) is 74.3 Å². The van der Waals surface area contributed by atoms with Crippen LogP contribution in [0.5, 0.6) is 0 Å². The normalized spacial score (nSPS) is 13.2. The van der Waals surface area contributed by atoms with Crippen LogP contribution in [0.2, 0.25) is 5.02 Å². The molecule has 0 aromatic heterocycles. The van der Waals surface area contributed by atoms with Crippen LogP contribution in [0.15, 0.2) is 52.7 Å². The second-order valence-corrected chi connectivity index (χ2v) is 6.24. The average molecular weight is 371 g/mol. The van der Waals surface area contributed by atoms with Crippen molar-refractivity contribution in [2.24, 2.45) is 10.2 Å². The Morgan fingerprint density at radius 2 is 1.96 bits per heavy atom. The van der Waals surface area contributed by atoms with Crippen LogP contribution in [0.25, 0.3) is 0 Å². The molecule has 1 heterocycles. The molecular weight excluding hydrogens is 356 g/mol. The highest BCUT2D eigenvalue weighted by atomic mass is 35.5. The van der Waals surface area contributed by atoms with Gasteiger partial charge in [0, 0.05) is 41.6 Å². The summed E-state index contributed by atoms with van der Waals surface area (Å²) in [5.74, 6) is -0.146. The smallest absolute Gasteiger partial charge is 0.269 e. The molecule has 3 rings (SSSR count). The number of nitrogens with zero attached hydrogens (tertiary/aromatic N) is 3. The molecule has 0 atom stereocenters. The zero-order chi connectivity index (χ0) is 18.7. The molecule has 0 saturated carbocycles. The van der Waals surface area contributed by atoms with Crippen molar-refractivity contribution >= 4 is 34.6 Å². The molecule has 0 fully saturated rings. The van der Waals surface area contributed by atoms with E-state index in [2.05, 4.69) is 15.5 Å². The molecule has 8 heteroatoms. The summed E-state index contributed by atoms with van der Waals surface area (Å²) in [6.45, 7) is 1.74. The number of benzene rings is 2. The Balaban J connectivity index is 2.04. The summed E-state index contributed by atoms with van der Waals surface area (Å²) in [4.78, 5) is 21.6. The molecule has 0 spiro atoms. The predicted octanol–water partition coefficient (Wildman–Crippen LogP) is 3.13. The Morgan fingerprint density at radius 1 is 1.23 bits per heavy atom. The van der Waals surface area contributed by atoms with Crippen LogP contribution in [-0.4, -0.2) is 28.8 Å². The molecule has 26 heavy (non-hydrogen) atoms. The first-order chi connectivity index (χ1) is 12.4. The molecule has 132 valence electrons. The van der Waals surface area contributed by atoms with Gasteiger partial charge in [-0.2, -0.15) is 5.10 Å². The second-order valence-electron chi connectivity index (χ2n) is 5.81. The van der Waals surface area contributed by atoms with Gasteiger partial charge in [-0.15, -0.1) is 5.10 Å². The summed E-state index contributed by atoms with van der Waals surface area (Å²) >= 11 is 6.15. The fourth-order valence-electron chi connectivity index (χ4n) is 2.63. The van der Waals surface area contributed by atoms with E-state index in [1.165, 1.54) is 19.1 Å². The molecule has 1 aliphatic heterocycles. The van der Waals surface area contributed by atoms with Crippen molar-refractivity contribution in [1.29, 1.82) is 0 Å². The monoisotopic (exact) mass is 370 g/mol. The van der Waals surface area contributed by atoms with Gasteiger partial charge in [0.05, 0.1) is 17.2 Å². The van der Waals surface area contributed by atoms with Crippen molar-refractivity contribution in [2.75, 3.05) is 6.54 Å². The average Bonchev–Trinajstić information content (AvgIpc) is 2.79. The zero-order valence-electron chi connectivity index (χ0n) is 13.9. The van der Waals surface area contributed by atoms with Crippen LogP contribution < -0.4 is 5.32 Å². The van der Waals surface area contributed by atoms with Gasteiger partial charge in [-0.1, -0.05) is 17.7 Å². The lowest BCUT2D eigenvalue weighted by Crippen LogP contribution is -2.28. The summed E-state index contributed by atoms with van der Waals surface area (Å²) < 4.78 is 0. The molecule has 0 aliphatic carbocycles. The van der Waals surface area contributed by atoms with Gasteiger partial charge in [0.1, 0.15) is 5.71 Å². The summed E-state index contributed by atoms with van der Waals surface area (Å²) in [7, 11) is 0. The Hall–Kier alpha value is -3.06. The molecule has 0 unspecified atom stereocenters. The Bertz CT molecular complexity index is 936. The lowest BCUT2D eigenvalue weighted by molar-refractivity contribution is -0.384. The highest BCUT2D eigenvalue weighted by Gasteiger charge is 2.18. The molecule has 0 radical (unpaired) electrons. The Morgan fingerprint density at radius 3 is 2.62 bits per heavy atom. The van der Waals surface area contributed by atoms with Crippen molar-refractivity contribution in [2.45, 2.75) is 13.3 Å². The number of carbonyl (C=O) groups is 1. The SMILES string of the molecule is CC(=O)NCC1=NN=C(c2ccc([N+](=O)[O-])cc2)c2cc(Cl)ccc2C1. The first-order valence-electron chi connectivity index (χ1n) is 7.85. The van der Waals surface area contributed by atoms with E-state index in [1.54, 1.807) is 24.3 Å². The van der Waals surface area contributed by atoms with Gasteiger partial charge < -0.3 is 5.32 Å². The van der Waals surface area contributed by atoms with E-state index in [-0.39, 0.29) is 11.6 Å². The lowest BCUT2D eigenvalue weighted by atomic mass is 9.95. The number of hydrogen-bond acceptors (Lipinski definition) is 5. The fourth-order valence-corrected chi connectivity index (χ4v) is 2.80. The van der Waals surface area contributed by atoms with Gasteiger partial charge in [0.25, 0.3) is 5.69 Å². The van der Waals surface area contributed by atoms with Crippen molar-refractivity contribution in [3.63, 3.8) is 0 Å². The van der Waals surface area contributed by atoms with Gasteiger partial charge in [-0.05, 0) is 29.8 Å². The summed E-state index contributed by atoms with van der Waals surface area (Å²) in [5, 5.41) is 22.7. The molecule has 2 aromatic carbocycles. The Kier molecular flexibility index (Phi) is 5.09. The van der Waals surface area contributed by atoms with Crippen molar-refractivity contribution in [1.82, 2.24) is 5.32 Å². The molecule has 0 bridgehead atoms. The number of fused-ring (bicyclic) bond motifs is 1. The maximum atomic E-state index is 11.2. The molecular formula is C18H15ClN4O3. The number of carbonyl (C=O) groups excluding carboxylic acids is 1. The Labute approximate surface area is 154 Å². The third-order valence-electron chi connectivity index (χ3n) is 3.91. The van der Waals surface area contributed by atoms with E-state index in [0.29, 0.717) is 35.0 Å². The minimum Gasteiger partial charge on any atom is -0.351 e. The van der Waals surface area contributed by atoms with E-state index in [4.69, 9.17) is 11.6 Å². The first-order valence-corrected chi connectivity index (χ1v) is 8.23. The molecule has 7 nitrogen and oxygen atoms in total. The summed E-state index contributed by atoms with van der Waals surface area (Å²) in [5.41, 5.74) is 3.77. The van der Waals surface area contributed by atoms with Crippen LogP contribution in [-0.2, 0) is 11.2 Å². The van der Waals surface area contributed by atoms with Crippen LogP contribution in [0, 0.1) is 10.1 Å². The second kappa shape index (κ2) is 7.45. The zero-order valence-corrected chi connectivity index (χ0v) is 14.7. The van der Waals surface area contributed by atoms with Crippen LogP contribution >= 0.6 is 11.6 Å². The number of hydrogen-bond donors (Lipinski definition) is 1. The van der Waals surface area contributed by atoms with Crippen molar-refractivity contribution in [3.8, 4) is 0 Å².